The minimum Gasteiger partial charge on any atom is -0.465 e. The summed E-state index contributed by atoms with van der Waals surface area (Å²) in [5.74, 6) is -1.04. The van der Waals surface area contributed by atoms with Crippen LogP contribution in [0, 0.1) is 11.3 Å². The Kier molecular flexibility index (Phi) is 5.08. The zero-order valence-electron chi connectivity index (χ0n) is 14.9. The van der Waals surface area contributed by atoms with Gasteiger partial charge < -0.3 is 14.6 Å². The molecule has 1 aliphatic rings. The molecule has 1 fully saturated rings. The number of hydrogen-bond donors (Lipinski definition) is 1. The summed E-state index contributed by atoms with van der Waals surface area (Å²) in [6, 6.07) is 12.6. The number of nitrogens with one attached hydrogen (secondary N) is 1. The molecule has 1 heterocycles. The molecule has 3 rings (SSSR count). The van der Waals surface area contributed by atoms with Crippen LogP contribution in [0.2, 0.25) is 0 Å². The lowest BCUT2D eigenvalue weighted by Crippen LogP contribution is -2.52. The number of benzene rings is 1. The van der Waals surface area contributed by atoms with E-state index < -0.39 is 17.1 Å². The zero-order valence-corrected chi connectivity index (χ0v) is 14.9. The van der Waals surface area contributed by atoms with Crippen molar-refractivity contribution >= 4 is 11.9 Å². The van der Waals surface area contributed by atoms with Gasteiger partial charge in [-0.3, -0.25) is 9.59 Å². The van der Waals surface area contributed by atoms with Crippen LogP contribution in [0.1, 0.15) is 40.7 Å². The van der Waals surface area contributed by atoms with Crippen LogP contribution in [0.25, 0.3) is 0 Å². The van der Waals surface area contributed by atoms with Gasteiger partial charge in [0.15, 0.2) is 0 Å². The molecule has 0 bridgehead atoms. The predicted octanol–water partition coefficient (Wildman–Crippen LogP) is 1.70. The highest BCUT2D eigenvalue weighted by Crippen LogP contribution is 2.41. The topological polar surface area (TPSA) is 101 Å². The minimum atomic E-state index is -0.680. The van der Waals surface area contributed by atoms with Crippen LogP contribution in [-0.4, -0.2) is 23.6 Å². The Bertz CT molecular complexity index is 969. The van der Waals surface area contributed by atoms with Gasteiger partial charge in [-0.15, -0.1) is 0 Å². The van der Waals surface area contributed by atoms with Crippen molar-refractivity contribution in [1.29, 1.82) is 5.26 Å². The third kappa shape index (κ3) is 3.60. The van der Waals surface area contributed by atoms with Crippen LogP contribution in [0.4, 0.5) is 0 Å². The predicted molar refractivity (Wildman–Crippen MR) is 96.9 cm³/mol. The lowest BCUT2D eigenvalue weighted by Gasteiger charge is -2.43. The average molecular weight is 365 g/mol. The van der Waals surface area contributed by atoms with Crippen molar-refractivity contribution in [3.8, 4) is 6.07 Å². The molecule has 1 aliphatic carbocycles. The lowest BCUT2D eigenvalue weighted by atomic mass is 9.72. The Morgan fingerprint density at radius 3 is 2.56 bits per heavy atom. The van der Waals surface area contributed by atoms with Crippen LogP contribution >= 0.6 is 0 Å². The molecule has 1 aromatic carbocycles. The highest BCUT2D eigenvalue weighted by Gasteiger charge is 2.39. The molecule has 138 valence electrons. The molecule has 7 nitrogen and oxygen atoms in total. The molecule has 1 saturated carbocycles. The van der Waals surface area contributed by atoms with Crippen LogP contribution in [0.3, 0.4) is 0 Å². The SMILES string of the molecule is COC(=O)c1cc(C#N)c(=O)n(CC(=O)NC2(c3ccccc3)CCC2)c1. The van der Waals surface area contributed by atoms with Crippen LogP contribution in [0.15, 0.2) is 47.4 Å². The van der Waals surface area contributed by atoms with Gasteiger partial charge >= 0.3 is 5.97 Å². The van der Waals surface area contributed by atoms with Gasteiger partial charge in [0.1, 0.15) is 18.2 Å². The fraction of sp³-hybridized carbons (Fsp3) is 0.300. The van der Waals surface area contributed by atoms with Gasteiger partial charge in [0.25, 0.3) is 5.56 Å². The number of pyridine rings is 1. The number of ether oxygens (including phenoxy) is 1. The number of esters is 1. The largest absolute Gasteiger partial charge is 0.465 e. The summed E-state index contributed by atoms with van der Waals surface area (Å²) in [5.41, 5.74) is -0.199. The Balaban J connectivity index is 1.85. The van der Waals surface area contributed by atoms with Crippen LogP contribution in [-0.2, 0) is 21.6 Å². The van der Waals surface area contributed by atoms with Crippen LogP contribution in [0.5, 0.6) is 0 Å². The number of aromatic nitrogens is 1. The molecule has 0 spiro atoms. The zero-order chi connectivity index (χ0) is 19.4. The van der Waals surface area contributed by atoms with E-state index in [2.05, 4.69) is 10.1 Å². The molecule has 0 radical (unpaired) electrons. The first-order chi connectivity index (χ1) is 13.0. The highest BCUT2D eigenvalue weighted by atomic mass is 16.5. The molecule has 0 atom stereocenters. The number of carbonyl (C=O) groups is 2. The summed E-state index contributed by atoms with van der Waals surface area (Å²) in [7, 11) is 1.21. The molecular formula is C20H19N3O4. The van der Waals surface area contributed by atoms with Gasteiger partial charge in [-0.25, -0.2) is 4.79 Å². The molecule has 2 aromatic rings. The first-order valence-corrected chi connectivity index (χ1v) is 8.58. The fourth-order valence-electron chi connectivity index (χ4n) is 3.30. The molecule has 0 aliphatic heterocycles. The van der Waals surface area contributed by atoms with Crippen molar-refractivity contribution < 1.29 is 14.3 Å². The van der Waals surface area contributed by atoms with Crippen molar-refractivity contribution in [3.05, 3.63) is 69.6 Å². The van der Waals surface area contributed by atoms with Crippen molar-refractivity contribution in [2.75, 3.05) is 7.11 Å². The van der Waals surface area contributed by atoms with Gasteiger partial charge in [0, 0.05) is 6.20 Å². The monoisotopic (exact) mass is 365 g/mol. The lowest BCUT2D eigenvalue weighted by molar-refractivity contribution is -0.125. The fourth-order valence-corrected chi connectivity index (χ4v) is 3.30. The van der Waals surface area contributed by atoms with E-state index in [1.54, 1.807) is 6.07 Å². The Hall–Kier alpha value is -3.40. The van der Waals surface area contributed by atoms with Gasteiger partial charge in [0.05, 0.1) is 18.2 Å². The van der Waals surface area contributed by atoms with E-state index in [-0.39, 0.29) is 23.6 Å². The molecule has 1 N–H and O–H groups in total. The van der Waals surface area contributed by atoms with Crippen molar-refractivity contribution in [2.45, 2.75) is 31.3 Å². The quantitative estimate of drug-likeness (QED) is 0.813. The molecule has 7 heteroatoms. The number of amides is 1. The third-order valence-corrected chi connectivity index (χ3v) is 4.85. The number of nitriles is 1. The second-order valence-corrected chi connectivity index (χ2v) is 6.53. The molecule has 0 unspecified atom stereocenters. The van der Waals surface area contributed by atoms with E-state index in [0.717, 1.165) is 29.4 Å². The Labute approximate surface area is 156 Å². The Morgan fingerprint density at radius 1 is 1.30 bits per heavy atom. The first kappa shape index (κ1) is 18.4. The summed E-state index contributed by atoms with van der Waals surface area (Å²) in [6.45, 7) is -0.285. The molecule has 0 saturated heterocycles. The van der Waals surface area contributed by atoms with Gasteiger partial charge in [-0.05, 0) is 30.9 Å². The van der Waals surface area contributed by atoms with E-state index in [1.807, 2.05) is 30.3 Å². The van der Waals surface area contributed by atoms with E-state index in [1.165, 1.54) is 19.4 Å². The third-order valence-electron chi connectivity index (χ3n) is 4.85. The van der Waals surface area contributed by atoms with Crippen molar-refractivity contribution in [3.63, 3.8) is 0 Å². The van der Waals surface area contributed by atoms with E-state index in [0.29, 0.717) is 0 Å². The van der Waals surface area contributed by atoms with E-state index in [9.17, 15) is 14.4 Å². The number of methoxy groups -OCH3 is 1. The highest BCUT2D eigenvalue weighted by molar-refractivity contribution is 5.89. The van der Waals surface area contributed by atoms with Crippen molar-refractivity contribution in [2.24, 2.45) is 0 Å². The first-order valence-electron chi connectivity index (χ1n) is 8.58. The maximum atomic E-state index is 12.6. The number of rotatable bonds is 5. The van der Waals surface area contributed by atoms with E-state index >= 15 is 0 Å². The summed E-state index contributed by atoms with van der Waals surface area (Å²) in [5, 5.41) is 12.1. The summed E-state index contributed by atoms with van der Waals surface area (Å²) in [6.07, 6.45) is 3.89. The average Bonchev–Trinajstić information content (AvgIpc) is 2.66. The normalized spacial score (nSPS) is 14.5. The maximum absolute atomic E-state index is 12.6. The Morgan fingerprint density at radius 2 is 2.00 bits per heavy atom. The number of nitrogens with zero attached hydrogens (tertiary/aromatic N) is 2. The molecule has 1 amide bonds. The molecule has 27 heavy (non-hydrogen) atoms. The van der Waals surface area contributed by atoms with Gasteiger partial charge in [0.2, 0.25) is 5.91 Å². The van der Waals surface area contributed by atoms with Crippen LogP contribution < -0.4 is 10.9 Å². The minimum absolute atomic E-state index is 0.0443. The summed E-state index contributed by atoms with van der Waals surface area (Å²) >= 11 is 0. The molecule has 1 aromatic heterocycles. The van der Waals surface area contributed by atoms with Gasteiger partial charge in [-0.1, -0.05) is 30.3 Å². The second-order valence-electron chi connectivity index (χ2n) is 6.53. The smallest absolute Gasteiger partial charge is 0.339 e. The molecular weight excluding hydrogens is 346 g/mol. The number of hydrogen-bond acceptors (Lipinski definition) is 5. The summed E-state index contributed by atoms with van der Waals surface area (Å²) in [4.78, 5) is 36.7. The summed E-state index contributed by atoms with van der Waals surface area (Å²) < 4.78 is 5.70. The van der Waals surface area contributed by atoms with Crippen molar-refractivity contribution in [1.82, 2.24) is 9.88 Å². The van der Waals surface area contributed by atoms with Gasteiger partial charge in [-0.2, -0.15) is 5.26 Å². The number of carbonyl (C=O) groups excluding carboxylic acids is 2. The second kappa shape index (κ2) is 7.46. The standard InChI is InChI=1S/C20H19N3O4/c1-27-19(26)15-10-14(11-21)18(25)23(12-15)13-17(24)22-20(8-5-9-20)16-6-3-2-4-7-16/h2-4,6-7,10,12H,5,8-9,13H2,1H3,(H,22,24). The maximum Gasteiger partial charge on any atom is 0.339 e. The van der Waals surface area contributed by atoms with E-state index in [4.69, 9.17) is 5.26 Å².